The van der Waals surface area contributed by atoms with Crippen molar-refractivity contribution in [3.05, 3.63) is 47.3 Å². The Morgan fingerprint density at radius 3 is 2.54 bits per heavy atom. The van der Waals surface area contributed by atoms with Crippen molar-refractivity contribution in [2.24, 2.45) is 7.05 Å². The van der Waals surface area contributed by atoms with Gasteiger partial charge in [0.2, 0.25) is 5.91 Å². The Labute approximate surface area is 141 Å². The van der Waals surface area contributed by atoms with Crippen LogP contribution in [0, 0.1) is 0 Å². The molecule has 1 aromatic carbocycles. The van der Waals surface area contributed by atoms with E-state index in [9.17, 15) is 9.59 Å². The number of amides is 2. The van der Waals surface area contributed by atoms with Crippen molar-refractivity contribution in [1.82, 2.24) is 14.7 Å². The van der Waals surface area contributed by atoms with Gasteiger partial charge in [0.25, 0.3) is 5.91 Å². The first kappa shape index (κ1) is 16.2. The maximum absolute atomic E-state index is 13.2. The fourth-order valence-corrected chi connectivity index (χ4v) is 3.08. The Hall–Kier alpha value is -2.63. The van der Waals surface area contributed by atoms with Crippen molar-refractivity contribution in [3.63, 3.8) is 0 Å². The molecule has 2 amide bonds. The van der Waals surface area contributed by atoms with Crippen molar-refractivity contribution in [2.75, 3.05) is 25.5 Å². The van der Waals surface area contributed by atoms with E-state index in [4.69, 9.17) is 0 Å². The number of likely N-dealkylation sites (N-methyl/N-ethyl adjacent to an activating group) is 1. The van der Waals surface area contributed by atoms with Crippen LogP contribution in [0.3, 0.4) is 0 Å². The zero-order valence-electron chi connectivity index (χ0n) is 14.3. The van der Waals surface area contributed by atoms with Crippen molar-refractivity contribution in [2.45, 2.75) is 19.3 Å². The second kappa shape index (κ2) is 6.47. The number of anilines is 1. The number of carbonyl (C=O) groups is 2. The van der Waals surface area contributed by atoms with E-state index in [1.54, 1.807) is 25.8 Å². The van der Waals surface area contributed by atoms with Gasteiger partial charge in [-0.1, -0.05) is 18.2 Å². The SMILES string of the molecule is CN(C)C(=O)CN(C(=O)c1c2c(nn1C)CCC2)c1ccccc1. The summed E-state index contributed by atoms with van der Waals surface area (Å²) < 4.78 is 1.65. The quantitative estimate of drug-likeness (QED) is 0.858. The lowest BCUT2D eigenvalue weighted by Crippen LogP contribution is -2.41. The molecule has 0 saturated heterocycles. The number of benzene rings is 1. The third kappa shape index (κ3) is 2.91. The minimum Gasteiger partial charge on any atom is -0.347 e. The van der Waals surface area contributed by atoms with Crippen LogP contribution in [0.1, 0.15) is 28.2 Å². The highest BCUT2D eigenvalue weighted by atomic mass is 16.2. The first-order valence-corrected chi connectivity index (χ1v) is 8.11. The standard InChI is InChI=1S/C18H22N4O2/c1-20(2)16(23)12-22(13-8-5-4-6-9-13)18(24)17-14-10-7-11-15(14)19-21(17)3/h4-6,8-9H,7,10-12H2,1-3H3. The molecule has 0 aliphatic heterocycles. The molecular formula is C18H22N4O2. The lowest BCUT2D eigenvalue weighted by molar-refractivity contribution is -0.127. The van der Waals surface area contributed by atoms with E-state index < -0.39 is 0 Å². The second-order valence-corrected chi connectivity index (χ2v) is 6.27. The molecular weight excluding hydrogens is 304 g/mol. The summed E-state index contributed by atoms with van der Waals surface area (Å²) in [5.74, 6) is -0.291. The number of aromatic nitrogens is 2. The van der Waals surface area contributed by atoms with Gasteiger partial charge in [-0.3, -0.25) is 19.2 Å². The highest BCUT2D eigenvalue weighted by Gasteiger charge is 2.30. The van der Waals surface area contributed by atoms with Gasteiger partial charge in [-0.15, -0.1) is 0 Å². The maximum Gasteiger partial charge on any atom is 0.277 e. The van der Waals surface area contributed by atoms with Crippen LogP contribution in [-0.2, 0) is 24.7 Å². The van der Waals surface area contributed by atoms with Gasteiger partial charge in [-0.05, 0) is 31.4 Å². The second-order valence-electron chi connectivity index (χ2n) is 6.27. The topological polar surface area (TPSA) is 58.4 Å². The fourth-order valence-electron chi connectivity index (χ4n) is 3.08. The van der Waals surface area contributed by atoms with Crippen LogP contribution in [0.15, 0.2) is 30.3 Å². The van der Waals surface area contributed by atoms with Crippen LogP contribution in [0.2, 0.25) is 0 Å². The molecule has 6 nitrogen and oxygen atoms in total. The zero-order chi connectivity index (χ0) is 17.3. The number of rotatable bonds is 4. The predicted octanol–water partition coefficient (Wildman–Crippen LogP) is 1.64. The van der Waals surface area contributed by atoms with Crippen LogP contribution in [-0.4, -0.2) is 47.1 Å². The number of aryl methyl sites for hydroxylation is 2. The normalized spacial score (nSPS) is 12.8. The summed E-state index contributed by atoms with van der Waals surface area (Å²) in [7, 11) is 5.18. The molecule has 2 aromatic rings. The summed E-state index contributed by atoms with van der Waals surface area (Å²) in [5, 5.41) is 4.48. The number of hydrogen-bond acceptors (Lipinski definition) is 3. The Balaban J connectivity index is 1.99. The lowest BCUT2D eigenvalue weighted by Gasteiger charge is -2.24. The number of nitrogens with zero attached hydrogens (tertiary/aromatic N) is 4. The lowest BCUT2D eigenvalue weighted by atomic mass is 10.1. The number of fused-ring (bicyclic) bond motifs is 1. The van der Waals surface area contributed by atoms with Gasteiger partial charge in [-0.2, -0.15) is 5.10 Å². The van der Waals surface area contributed by atoms with Crippen LogP contribution >= 0.6 is 0 Å². The largest absolute Gasteiger partial charge is 0.347 e. The Bertz CT molecular complexity index is 765. The molecule has 0 spiro atoms. The van der Waals surface area contributed by atoms with E-state index in [-0.39, 0.29) is 18.4 Å². The van der Waals surface area contributed by atoms with Crippen LogP contribution < -0.4 is 4.90 Å². The summed E-state index contributed by atoms with van der Waals surface area (Å²) >= 11 is 0. The molecule has 126 valence electrons. The van der Waals surface area contributed by atoms with Crippen LogP contribution in [0.25, 0.3) is 0 Å². The predicted molar refractivity (Wildman–Crippen MR) is 92.0 cm³/mol. The van der Waals surface area contributed by atoms with Gasteiger partial charge in [0.05, 0.1) is 5.69 Å². The van der Waals surface area contributed by atoms with Gasteiger partial charge in [0.15, 0.2) is 0 Å². The first-order valence-electron chi connectivity index (χ1n) is 8.11. The molecule has 1 aliphatic carbocycles. The maximum atomic E-state index is 13.2. The Kier molecular flexibility index (Phi) is 4.38. The van der Waals surface area contributed by atoms with Gasteiger partial charge in [0, 0.05) is 32.4 Å². The van der Waals surface area contributed by atoms with Gasteiger partial charge < -0.3 is 4.90 Å². The van der Waals surface area contributed by atoms with Gasteiger partial charge in [-0.25, -0.2) is 0 Å². The molecule has 1 aliphatic rings. The minimum absolute atomic E-state index is 0.00972. The monoisotopic (exact) mass is 326 g/mol. The molecule has 0 fully saturated rings. The third-order valence-corrected chi connectivity index (χ3v) is 4.38. The number of para-hydroxylation sites is 1. The van der Waals surface area contributed by atoms with E-state index >= 15 is 0 Å². The van der Waals surface area contributed by atoms with Crippen LogP contribution in [0.5, 0.6) is 0 Å². The smallest absolute Gasteiger partial charge is 0.277 e. The van der Waals surface area contributed by atoms with Gasteiger partial charge >= 0.3 is 0 Å². The van der Waals surface area contributed by atoms with Crippen molar-refractivity contribution in [1.29, 1.82) is 0 Å². The first-order chi connectivity index (χ1) is 11.5. The molecule has 24 heavy (non-hydrogen) atoms. The number of hydrogen-bond donors (Lipinski definition) is 0. The summed E-state index contributed by atoms with van der Waals surface area (Å²) in [6.07, 6.45) is 2.81. The van der Waals surface area contributed by atoms with E-state index in [2.05, 4.69) is 5.10 Å². The van der Waals surface area contributed by atoms with E-state index in [0.717, 1.165) is 30.5 Å². The Morgan fingerprint density at radius 1 is 1.17 bits per heavy atom. The van der Waals surface area contributed by atoms with E-state index in [1.165, 1.54) is 9.80 Å². The van der Waals surface area contributed by atoms with E-state index in [1.807, 2.05) is 30.3 Å². The summed E-state index contributed by atoms with van der Waals surface area (Å²) in [4.78, 5) is 28.5. The zero-order valence-corrected chi connectivity index (χ0v) is 14.3. The average molecular weight is 326 g/mol. The molecule has 1 heterocycles. The van der Waals surface area contributed by atoms with Crippen molar-refractivity contribution >= 4 is 17.5 Å². The molecule has 0 radical (unpaired) electrons. The van der Waals surface area contributed by atoms with Gasteiger partial charge in [0.1, 0.15) is 12.2 Å². The minimum atomic E-state index is -0.172. The van der Waals surface area contributed by atoms with Crippen molar-refractivity contribution < 1.29 is 9.59 Å². The molecule has 1 aromatic heterocycles. The summed E-state index contributed by atoms with van der Waals surface area (Å²) in [6, 6.07) is 9.31. The highest BCUT2D eigenvalue weighted by molar-refractivity contribution is 6.08. The molecule has 0 unspecified atom stereocenters. The third-order valence-electron chi connectivity index (χ3n) is 4.38. The number of carbonyl (C=O) groups excluding carboxylic acids is 2. The molecule has 3 rings (SSSR count). The molecule has 0 saturated carbocycles. The molecule has 0 atom stereocenters. The average Bonchev–Trinajstić information content (AvgIpc) is 3.12. The summed E-state index contributed by atoms with van der Waals surface area (Å²) in [5.41, 5.74) is 3.34. The molecule has 0 bridgehead atoms. The van der Waals surface area contributed by atoms with Crippen molar-refractivity contribution in [3.8, 4) is 0 Å². The highest BCUT2D eigenvalue weighted by Crippen LogP contribution is 2.27. The molecule has 6 heteroatoms. The van der Waals surface area contributed by atoms with Crippen LogP contribution in [0.4, 0.5) is 5.69 Å². The Morgan fingerprint density at radius 2 is 1.88 bits per heavy atom. The fraction of sp³-hybridized carbons (Fsp3) is 0.389. The van der Waals surface area contributed by atoms with E-state index in [0.29, 0.717) is 11.4 Å². The molecule has 0 N–H and O–H groups in total. The summed E-state index contributed by atoms with van der Waals surface area (Å²) in [6.45, 7) is 0.00972.